The summed E-state index contributed by atoms with van der Waals surface area (Å²) in [6.07, 6.45) is 1.90. The van der Waals surface area contributed by atoms with Gasteiger partial charge in [-0.1, -0.05) is 18.2 Å². The fraction of sp³-hybridized carbons (Fsp3) is 0.300. The first-order chi connectivity index (χ1) is 11.8. The number of hydrogen-bond acceptors (Lipinski definition) is 4. The van der Waals surface area contributed by atoms with E-state index in [4.69, 9.17) is 9.15 Å². The van der Waals surface area contributed by atoms with Crippen molar-refractivity contribution in [2.75, 3.05) is 38.2 Å². The minimum Gasteiger partial charge on any atom is -0.497 e. The molecule has 1 aliphatic rings. The van der Waals surface area contributed by atoms with Gasteiger partial charge in [0, 0.05) is 49.4 Å². The third kappa shape index (κ3) is 2.97. The van der Waals surface area contributed by atoms with Gasteiger partial charge in [-0.05, 0) is 30.3 Å². The van der Waals surface area contributed by atoms with Crippen molar-refractivity contribution >= 4 is 16.7 Å². The predicted molar refractivity (Wildman–Crippen MR) is 96.7 cm³/mol. The molecule has 0 saturated carbocycles. The number of piperazine rings is 1. The van der Waals surface area contributed by atoms with Crippen LogP contribution in [0.3, 0.4) is 0 Å². The average molecular weight is 322 g/mol. The van der Waals surface area contributed by atoms with Crippen LogP contribution in [0.15, 0.2) is 59.2 Å². The van der Waals surface area contributed by atoms with Crippen molar-refractivity contribution in [3.8, 4) is 5.75 Å². The molecule has 0 atom stereocenters. The van der Waals surface area contributed by atoms with Crippen molar-refractivity contribution in [2.24, 2.45) is 0 Å². The summed E-state index contributed by atoms with van der Waals surface area (Å²) in [4.78, 5) is 4.93. The maximum Gasteiger partial charge on any atom is 0.134 e. The normalized spacial score (nSPS) is 15.8. The summed E-state index contributed by atoms with van der Waals surface area (Å²) in [5, 5.41) is 1.23. The van der Waals surface area contributed by atoms with Crippen molar-refractivity contribution in [3.63, 3.8) is 0 Å². The van der Waals surface area contributed by atoms with Crippen LogP contribution in [0.1, 0.15) is 5.56 Å². The molecule has 1 aromatic heterocycles. The van der Waals surface area contributed by atoms with E-state index in [0.717, 1.165) is 44.1 Å². The molecule has 3 aromatic rings. The topological polar surface area (TPSA) is 28.9 Å². The maximum absolute atomic E-state index is 5.65. The van der Waals surface area contributed by atoms with E-state index in [9.17, 15) is 0 Å². The number of furan rings is 1. The van der Waals surface area contributed by atoms with Crippen LogP contribution in [0, 0.1) is 0 Å². The molecule has 1 aliphatic heterocycles. The lowest BCUT2D eigenvalue weighted by Crippen LogP contribution is -2.45. The van der Waals surface area contributed by atoms with Gasteiger partial charge in [0.05, 0.1) is 13.4 Å². The van der Waals surface area contributed by atoms with Crippen LogP contribution in [0.4, 0.5) is 5.69 Å². The lowest BCUT2D eigenvalue weighted by atomic mass is 10.1. The van der Waals surface area contributed by atoms with Gasteiger partial charge < -0.3 is 14.1 Å². The van der Waals surface area contributed by atoms with Gasteiger partial charge in [0.25, 0.3) is 0 Å². The molecule has 0 amide bonds. The molecule has 1 saturated heterocycles. The van der Waals surface area contributed by atoms with Crippen molar-refractivity contribution in [2.45, 2.75) is 6.54 Å². The van der Waals surface area contributed by atoms with Crippen molar-refractivity contribution in [1.29, 1.82) is 0 Å². The molecule has 4 nitrogen and oxygen atoms in total. The molecule has 2 heterocycles. The Labute approximate surface area is 142 Å². The fourth-order valence-corrected chi connectivity index (χ4v) is 3.35. The van der Waals surface area contributed by atoms with Gasteiger partial charge in [0.2, 0.25) is 0 Å². The number of hydrogen-bond donors (Lipinski definition) is 0. The Balaban J connectivity index is 1.39. The smallest absolute Gasteiger partial charge is 0.134 e. The monoisotopic (exact) mass is 322 g/mol. The average Bonchev–Trinajstić information content (AvgIpc) is 3.06. The second kappa shape index (κ2) is 6.57. The Morgan fingerprint density at radius 1 is 0.958 bits per heavy atom. The van der Waals surface area contributed by atoms with Crippen molar-refractivity contribution < 1.29 is 9.15 Å². The second-order valence-corrected chi connectivity index (χ2v) is 6.22. The maximum atomic E-state index is 5.65. The zero-order valence-corrected chi connectivity index (χ0v) is 13.9. The Kier molecular flexibility index (Phi) is 4.13. The SMILES string of the molecule is COc1ccc(N2CCN(Cc3coc4ccccc34)CC2)cc1. The number of fused-ring (bicyclic) bond motifs is 1. The first-order valence-electron chi connectivity index (χ1n) is 8.40. The van der Waals surface area contributed by atoms with E-state index in [0.29, 0.717) is 0 Å². The van der Waals surface area contributed by atoms with Gasteiger partial charge in [0.15, 0.2) is 0 Å². The highest BCUT2D eigenvalue weighted by Gasteiger charge is 2.18. The van der Waals surface area contributed by atoms with Crippen LogP contribution in [-0.2, 0) is 6.54 Å². The Morgan fingerprint density at radius 2 is 1.71 bits per heavy atom. The van der Waals surface area contributed by atoms with E-state index < -0.39 is 0 Å². The number of ether oxygens (including phenoxy) is 1. The van der Waals surface area contributed by atoms with Crippen molar-refractivity contribution in [3.05, 3.63) is 60.4 Å². The number of nitrogens with zero attached hydrogens (tertiary/aromatic N) is 2. The molecule has 4 rings (SSSR count). The van der Waals surface area contributed by atoms with E-state index in [1.165, 1.54) is 16.6 Å². The molecule has 0 spiro atoms. The second-order valence-electron chi connectivity index (χ2n) is 6.22. The summed E-state index contributed by atoms with van der Waals surface area (Å²) in [7, 11) is 1.70. The lowest BCUT2D eigenvalue weighted by molar-refractivity contribution is 0.250. The van der Waals surface area contributed by atoms with E-state index >= 15 is 0 Å². The largest absolute Gasteiger partial charge is 0.497 e. The van der Waals surface area contributed by atoms with Crippen LogP contribution in [0.2, 0.25) is 0 Å². The number of para-hydroxylation sites is 1. The minimum atomic E-state index is 0.907. The molecule has 0 N–H and O–H groups in total. The fourth-order valence-electron chi connectivity index (χ4n) is 3.35. The highest BCUT2D eigenvalue weighted by atomic mass is 16.5. The molecular formula is C20H22N2O2. The summed E-state index contributed by atoms with van der Waals surface area (Å²) in [5.41, 5.74) is 3.53. The summed E-state index contributed by atoms with van der Waals surface area (Å²) in [6, 6.07) is 16.6. The standard InChI is InChI=1S/C20H22N2O2/c1-23-18-8-6-17(7-9-18)22-12-10-21(11-13-22)14-16-15-24-20-5-3-2-4-19(16)20/h2-9,15H,10-14H2,1H3. The zero-order valence-electron chi connectivity index (χ0n) is 13.9. The zero-order chi connectivity index (χ0) is 16.4. The highest BCUT2D eigenvalue weighted by Crippen LogP contribution is 2.24. The van der Waals surface area contributed by atoms with E-state index in [2.05, 4.69) is 34.1 Å². The molecule has 0 unspecified atom stereocenters. The highest BCUT2D eigenvalue weighted by molar-refractivity contribution is 5.80. The van der Waals surface area contributed by atoms with Crippen LogP contribution in [0.25, 0.3) is 11.0 Å². The molecular weight excluding hydrogens is 300 g/mol. The van der Waals surface area contributed by atoms with Crippen LogP contribution in [0.5, 0.6) is 5.75 Å². The van der Waals surface area contributed by atoms with E-state index in [-0.39, 0.29) is 0 Å². The van der Waals surface area contributed by atoms with Gasteiger partial charge in [-0.3, -0.25) is 4.90 Å². The summed E-state index contributed by atoms with van der Waals surface area (Å²) >= 11 is 0. The number of rotatable bonds is 4. The Morgan fingerprint density at radius 3 is 2.46 bits per heavy atom. The first-order valence-corrected chi connectivity index (χ1v) is 8.40. The quantitative estimate of drug-likeness (QED) is 0.731. The van der Waals surface area contributed by atoms with Gasteiger partial charge in [-0.25, -0.2) is 0 Å². The van der Waals surface area contributed by atoms with Gasteiger partial charge in [0.1, 0.15) is 11.3 Å². The minimum absolute atomic E-state index is 0.907. The van der Waals surface area contributed by atoms with Crippen LogP contribution >= 0.6 is 0 Å². The molecule has 4 heteroatoms. The third-order valence-corrected chi connectivity index (χ3v) is 4.76. The summed E-state index contributed by atoms with van der Waals surface area (Å²) < 4.78 is 10.9. The lowest BCUT2D eigenvalue weighted by Gasteiger charge is -2.36. The summed E-state index contributed by atoms with van der Waals surface area (Å²) in [6.45, 7) is 5.16. The first kappa shape index (κ1) is 15.1. The number of benzene rings is 2. The predicted octanol–water partition coefficient (Wildman–Crippen LogP) is 3.76. The van der Waals surface area contributed by atoms with Gasteiger partial charge in [-0.15, -0.1) is 0 Å². The van der Waals surface area contributed by atoms with E-state index in [1.807, 2.05) is 30.5 Å². The van der Waals surface area contributed by atoms with E-state index in [1.54, 1.807) is 7.11 Å². The number of methoxy groups -OCH3 is 1. The molecule has 0 bridgehead atoms. The van der Waals surface area contributed by atoms with Gasteiger partial charge in [-0.2, -0.15) is 0 Å². The Bertz CT molecular complexity index is 802. The molecule has 24 heavy (non-hydrogen) atoms. The molecule has 2 aromatic carbocycles. The van der Waals surface area contributed by atoms with Crippen LogP contribution in [-0.4, -0.2) is 38.2 Å². The number of anilines is 1. The van der Waals surface area contributed by atoms with Gasteiger partial charge >= 0.3 is 0 Å². The van der Waals surface area contributed by atoms with Crippen molar-refractivity contribution in [1.82, 2.24) is 4.90 Å². The summed E-state index contributed by atoms with van der Waals surface area (Å²) in [5.74, 6) is 0.907. The molecule has 1 fully saturated rings. The third-order valence-electron chi connectivity index (χ3n) is 4.76. The van der Waals surface area contributed by atoms with Crippen LogP contribution < -0.4 is 9.64 Å². The molecule has 0 radical (unpaired) electrons. The Hall–Kier alpha value is -2.46. The molecule has 124 valence electrons. The molecule has 0 aliphatic carbocycles.